The molecule has 1 saturated carbocycles. The van der Waals surface area contributed by atoms with Gasteiger partial charge in [-0.3, -0.25) is 19.2 Å². The second-order valence-corrected chi connectivity index (χ2v) is 14.7. The van der Waals surface area contributed by atoms with E-state index in [0.29, 0.717) is 31.2 Å². The van der Waals surface area contributed by atoms with Gasteiger partial charge >= 0.3 is 23.9 Å². The molecule has 4 aliphatic rings. The molecule has 3 aromatic rings. The second kappa shape index (κ2) is 15.3. The Bertz CT molecular complexity index is 2140. The number of aliphatic carboxylic acids is 2. The number of carboxylic acid groups (broad SMARTS) is 2. The average molecular weight is 785 g/mol. The summed E-state index contributed by atoms with van der Waals surface area (Å²) in [6, 6.07) is 15.3. The molecule has 0 unspecified atom stereocenters. The Hall–Kier alpha value is -6.26. The predicted molar refractivity (Wildman–Crippen MR) is 194 cm³/mol. The van der Waals surface area contributed by atoms with E-state index in [1.807, 2.05) is 0 Å². The van der Waals surface area contributed by atoms with E-state index in [0.717, 1.165) is 5.56 Å². The number of carbonyl (C=O) groups is 6. The number of amides is 2. The van der Waals surface area contributed by atoms with Crippen molar-refractivity contribution in [3.63, 3.8) is 0 Å². The number of carbonyl (C=O) groups excluding carboxylic acids is 4. The van der Waals surface area contributed by atoms with Gasteiger partial charge in [0.1, 0.15) is 23.4 Å². The number of carboxylic acids is 2. The van der Waals surface area contributed by atoms with Crippen LogP contribution in [0.15, 0.2) is 84.6 Å². The van der Waals surface area contributed by atoms with Gasteiger partial charge in [0.15, 0.2) is 29.8 Å². The number of aliphatic hydroxyl groups is 2. The summed E-state index contributed by atoms with van der Waals surface area (Å²) in [7, 11) is 0. The van der Waals surface area contributed by atoms with E-state index >= 15 is 0 Å². The Labute approximate surface area is 325 Å². The van der Waals surface area contributed by atoms with E-state index < -0.39 is 89.9 Å². The topological polar surface area (TPSA) is 255 Å². The molecule has 298 valence electrons. The van der Waals surface area contributed by atoms with Crippen LogP contribution in [0.25, 0.3) is 0 Å². The Morgan fingerprint density at radius 1 is 0.789 bits per heavy atom. The molecule has 16 heteroatoms. The van der Waals surface area contributed by atoms with Crippen LogP contribution < -0.4 is 15.4 Å². The van der Waals surface area contributed by atoms with E-state index in [-0.39, 0.29) is 40.7 Å². The van der Waals surface area contributed by atoms with E-state index in [2.05, 4.69) is 10.6 Å². The molecule has 8 atom stereocenters. The summed E-state index contributed by atoms with van der Waals surface area (Å²) < 4.78 is 18.6. The van der Waals surface area contributed by atoms with E-state index in [1.165, 1.54) is 36.4 Å². The molecule has 3 aromatic carbocycles. The quantitative estimate of drug-likeness (QED) is 0.116. The Morgan fingerprint density at radius 2 is 1.35 bits per heavy atom. The molecule has 0 saturated heterocycles. The third-order valence-electron chi connectivity index (χ3n) is 11.4. The first-order valence-electron chi connectivity index (χ1n) is 18.4. The minimum Gasteiger partial charge on any atom is -0.504 e. The van der Waals surface area contributed by atoms with Crippen molar-refractivity contribution < 1.29 is 68.5 Å². The molecule has 0 radical (unpaired) electrons. The molecule has 1 fully saturated rings. The largest absolute Gasteiger partial charge is 0.504 e. The predicted octanol–water partition coefficient (Wildman–Crippen LogP) is 2.25. The van der Waals surface area contributed by atoms with E-state index in [1.54, 1.807) is 42.5 Å². The molecule has 1 heterocycles. The summed E-state index contributed by atoms with van der Waals surface area (Å²) in [5.74, 6) is -7.71. The second-order valence-electron chi connectivity index (χ2n) is 14.7. The highest BCUT2D eigenvalue weighted by Crippen LogP contribution is 2.68. The Morgan fingerprint density at radius 3 is 1.91 bits per heavy atom. The van der Waals surface area contributed by atoms with Crippen LogP contribution in [0.4, 0.5) is 0 Å². The van der Waals surface area contributed by atoms with Crippen molar-refractivity contribution in [3.05, 3.63) is 107 Å². The van der Waals surface area contributed by atoms with Gasteiger partial charge in [-0.25, -0.2) is 9.59 Å². The van der Waals surface area contributed by atoms with Gasteiger partial charge in [0, 0.05) is 17.9 Å². The maximum Gasteiger partial charge on any atom is 0.326 e. The van der Waals surface area contributed by atoms with Crippen molar-refractivity contribution in [2.75, 3.05) is 0 Å². The first kappa shape index (κ1) is 39.0. The van der Waals surface area contributed by atoms with Crippen LogP contribution in [0.2, 0.25) is 0 Å². The van der Waals surface area contributed by atoms with Crippen molar-refractivity contribution in [2.45, 2.75) is 86.4 Å². The molecule has 7 N–H and O–H groups in total. The fourth-order valence-corrected chi connectivity index (χ4v) is 8.95. The van der Waals surface area contributed by atoms with E-state index in [4.69, 9.17) is 14.2 Å². The lowest BCUT2D eigenvalue weighted by molar-refractivity contribution is -0.201. The standard InChI is InChI=1S/C41H40N2O14/c44-27-14-13-23-18-24-12-7-16-40-31(23)34(27)56-35(40)28(55-29(45)19-25(38(51)52)42-36(49)32(47)21-8-3-1-4-9-21)15-17-41(24,40)57-30(46)20-26(39(53)54)43-37(50)33(48)22-10-5-2-6-11-22/h1-6,8-11,13-15,24-26,32-33,35,44,47-48H,7,12,16-20H2,(H,42,49)(H,43,50)(H,51,52)(H,53,54)/t24-,25+,26+,32+,33+,35+,40+,41-/m1/s1. The zero-order valence-corrected chi connectivity index (χ0v) is 30.3. The summed E-state index contributed by atoms with van der Waals surface area (Å²) in [5.41, 5.74) is -0.847. The summed E-state index contributed by atoms with van der Waals surface area (Å²) in [4.78, 5) is 77.4. The highest BCUT2D eigenvalue weighted by Gasteiger charge is 2.73. The first-order valence-corrected chi connectivity index (χ1v) is 18.4. The number of ether oxygens (including phenoxy) is 3. The summed E-state index contributed by atoms with van der Waals surface area (Å²) in [6.45, 7) is 0. The number of nitrogens with one attached hydrogen (secondary N) is 2. The Kier molecular flexibility index (Phi) is 10.5. The fraction of sp³-hybridized carbons (Fsp3) is 0.366. The SMILES string of the molecule is O=C(C[C@H](NC(=O)[C@@H](O)c1ccccc1)C(=O)O)OC1=CC[C@@]2(OC(=O)C[C@H](NC(=O)[C@@H](O)c3ccccc3)C(=O)O)[C@@H]3CCC[C@@]24c2c(ccc(O)c2O[C@@H]14)C3. The van der Waals surface area contributed by atoms with Gasteiger partial charge in [0.2, 0.25) is 0 Å². The van der Waals surface area contributed by atoms with E-state index in [9.17, 15) is 54.3 Å². The number of rotatable bonds is 14. The number of aliphatic hydroxyl groups excluding tert-OH is 2. The van der Waals surface area contributed by atoms with Crippen molar-refractivity contribution >= 4 is 35.7 Å². The normalized spacial score (nSPS) is 24.5. The Balaban J connectivity index is 1.14. The fourth-order valence-electron chi connectivity index (χ4n) is 8.95. The van der Waals surface area contributed by atoms with Crippen molar-refractivity contribution in [2.24, 2.45) is 5.92 Å². The van der Waals surface area contributed by atoms with Gasteiger partial charge in [0.25, 0.3) is 11.8 Å². The minimum atomic E-state index is -1.78. The van der Waals surface area contributed by atoms with Gasteiger partial charge in [-0.05, 0) is 48.1 Å². The maximum atomic E-state index is 13.9. The molecular formula is C41H40N2O14. The molecule has 3 aliphatic carbocycles. The third-order valence-corrected chi connectivity index (χ3v) is 11.4. The molecule has 2 amide bonds. The van der Waals surface area contributed by atoms with Crippen LogP contribution in [0.5, 0.6) is 11.5 Å². The van der Waals surface area contributed by atoms with Crippen molar-refractivity contribution in [1.82, 2.24) is 10.6 Å². The number of aromatic hydroxyl groups is 1. The van der Waals surface area contributed by atoms with Crippen LogP contribution in [0.3, 0.4) is 0 Å². The third kappa shape index (κ3) is 6.95. The van der Waals surface area contributed by atoms with Crippen LogP contribution in [0.1, 0.15) is 73.0 Å². The maximum absolute atomic E-state index is 13.9. The van der Waals surface area contributed by atoms with Gasteiger partial charge in [-0.2, -0.15) is 0 Å². The highest BCUT2D eigenvalue weighted by molar-refractivity contribution is 5.90. The molecule has 1 aliphatic heterocycles. The summed E-state index contributed by atoms with van der Waals surface area (Å²) in [5, 5.41) is 56.3. The van der Waals surface area contributed by atoms with Gasteiger partial charge in [-0.1, -0.05) is 73.2 Å². The van der Waals surface area contributed by atoms with Crippen molar-refractivity contribution in [3.8, 4) is 11.5 Å². The lowest BCUT2D eigenvalue weighted by Gasteiger charge is -2.60. The van der Waals surface area contributed by atoms with Gasteiger partial charge < -0.3 is 50.4 Å². The zero-order chi connectivity index (χ0) is 40.6. The zero-order valence-electron chi connectivity index (χ0n) is 30.3. The lowest BCUT2D eigenvalue weighted by atomic mass is 9.46. The number of hydrogen-bond donors (Lipinski definition) is 7. The van der Waals surface area contributed by atoms with Crippen LogP contribution >= 0.6 is 0 Å². The van der Waals surface area contributed by atoms with Gasteiger partial charge in [0.05, 0.1) is 18.3 Å². The molecule has 57 heavy (non-hydrogen) atoms. The highest BCUT2D eigenvalue weighted by atomic mass is 16.6. The number of esters is 2. The van der Waals surface area contributed by atoms with Crippen LogP contribution in [0, 0.1) is 5.92 Å². The molecule has 1 spiro atoms. The number of phenols is 1. The van der Waals surface area contributed by atoms with Crippen molar-refractivity contribution in [1.29, 1.82) is 0 Å². The minimum absolute atomic E-state index is 0.0406. The summed E-state index contributed by atoms with van der Waals surface area (Å²) >= 11 is 0. The molecule has 0 aromatic heterocycles. The molecule has 7 rings (SSSR count). The lowest BCUT2D eigenvalue weighted by Crippen LogP contribution is -2.69. The number of benzene rings is 3. The number of hydrogen-bond acceptors (Lipinski definition) is 12. The first-order chi connectivity index (χ1) is 27.3. The monoisotopic (exact) mass is 784 g/mol. The van der Waals surface area contributed by atoms with Crippen LogP contribution in [-0.2, 0) is 50.1 Å². The molecule has 16 nitrogen and oxygen atoms in total. The van der Waals surface area contributed by atoms with Gasteiger partial charge in [-0.15, -0.1) is 0 Å². The molecule has 2 bridgehead atoms. The number of phenolic OH excluding ortho intramolecular Hbond substituents is 1. The summed E-state index contributed by atoms with van der Waals surface area (Å²) in [6.07, 6.45) is -2.83. The average Bonchev–Trinajstić information content (AvgIpc) is 3.55. The van der Waals surface area contributed by atoms with Crippen LogP contribution in [-0.4, -0.2) is 85.0 Å². The smallest absolute Gasteiger partial charge is 0.326 e. The molecular weight excluding hydrogens is 744 g/mol.